The third-order valence-corrected chi connectivity index (χ3v) is 5.14. The van der Waals surface area contributed by atoms with Gasteiger partial charge in [-0.25, -0.2) is 0 Å². The van der Waals surface area contributed by atoms with Crippen molar-refractivity contribution in [3.05, 3.63) is 69.7 Å². The molecule has 25 heavy (non-hydrogen) atoms. The number of amides is 1. The molecule has 0 spiro atoms. The van der Waals surface area contributed by atoms with E-state index in [2.05, 4.69) is 32.2 Å². The maximum atomic E-state index is 12.6. The van der Waals surface area contributed by atoms with E-state index in [1.165, 1.54) is 0 Å². The fourth-order valence-corrected chi connectivity index (χ4v) is 3.64. The monoisotopic (exact) mass is 402 g/mol. The van der Waals surface area contributed by atoms with Crippen LogP contribution in [-0.2, 0) is 11.3 Å². The molecule has 4 nitrogen and oxygen atoms in total. The first kappa shape index (κ1) is 18.1. The van der Waals surface area contributed by atoms with Crippen LogP contribution < -0.4 is 5.32 Å². The minimum absolute atomic E-state index is 0.0490. The van der Waals surface area contributed by atoms with Crippen LogP contribution in [-0.4, -0.2) is 37.1 Å². The Morgan fingerprint density at radius 2 is 1.96 bits per heavy atom. The van der Waals surface area contributed by atoms with E-state index < -0.39 is 0 Å². The fraction of sp³-hybridized carbons (Fsp3) is 0.350. The molecule has 2 aromatic rings. The van der Waals surface area contributed by atoms with Gasteiger partial charge in [-0.1, -0.05) is 46.3 Å². The summed E-state index contributed by atoms with van der Waals surface area (Å²) in [6.07, 6.45) is 0. The third kappa shape index (κ3) is 4.91. The molecule has 1 amide bonds. The zero-order valence-electron chi connectivity index (χ0n) is 14.4. The van der Waals surface area contributed by atoms with Crippen LogP contribution >= 0.6 is 15.9 Å². The van der Waals surface area contributed by atoms with Crippen molar-refractivity contribution < 1.29 is 9.53 Å². The Bertz CT molecular complexity index is 729. The second kappa shape index (κ2) is 8.61. The molecule has 0 radical (unpaired) electrons. The maximum absolute atomic E-state index is 12.6. The van der Waals surface area contributed by atoms with Crippen molar-refractivity contribution in [1.82, 2.24) is 10.2 Å². The van der Waals surface area contributed by atoms with E-state index in [0.29, 0.717) is 5.56 Å². The van der Waals surface area contributed by atoms with Crippen LogP contribution in [0.3, 0.4) is 0 Å². The van der Waals surface area contributed by atoms with E-state index in [9.17, 15) is 4.79 Å². The Hall–Kier alpha value is -1.69. The van der Waals surface area contributed by atoms with Gasteiger partial charge in [-0.15, -0.1) is 0 Å². The van der Waals surface area contributed by atoms with Gasteiger partial charge in [0.1, 0.15) is 0 Å². The molecular formula is C20H23BrN2O2. The number of morpholine rings is 1. The van der Waals surface area contributed by atoms with E-state index in [0.717, 1.165) is 48.4 Å². The van der Waals surface area contributed by atoms with Crippen LogP contribution in [0.25, 0.3) is 0 Å². The lowest BCUT2D eigenvalue weighted by Gasteiger charge is -2.26. The standard InChI is InChI=1S/C20H23BrN2O2/c1-15(18-7-2-3-8-19(18)21)22-20(24)17-6-4-5-16(13-17)14-23-9-11-25-12-10-23/h2-8,13,15H,9-12,14H2,1H3,(H,22,24). The van der Waals surface area contributed by atoms with Crippen LogP contribution in [0.4, 0.5) is 0 Å². The Kier molecular flexibility index (Phi) is 6.24. The highest BCUT2D eigenvalue weighted by molar-refractivity contribution is 9.10. The van der Waals surface area contributed by atoms with E-state index >= 15 is 0 Å². The van der Waals surface area contributed by atoms with E-state index in [1.54, 1.807) is 0 Å². The SMILES string of the molecule is CC(NC(=O)c1cccc(CN2CCOCC2)c1)c1ccccc1Br. The molecule has 0 saturated carbocycles. The molecule has 3 rings (SSSR count). The zero-order valence-corrected chi connectivity index (χ0v) is 16.0. The number of benzene rings is 2. The first-order chi connectivity index (χ1) is 12.1. The normalized spacial score (nSPS) is 16.4. The predicted octanol–water partition coefficient (Wildman–Crippen LogP) is 3.77. The van der Waals surface area contributed by atoms with Crippen LogP contribution in [0.5, 0.6) is 0 Å². The van der Waals surface area contributed by atoms with Crippen molar-refractivity contribution in [3.63, 3.8) is 0 Å². The minimum Gasteiger partial charge on any atom is -0.379 e. The predicted molar refractivity (Wildman–Crippen MR) is 103 cm³/mol. The van der Waals surface area contributed by atoms with Gasteiger partial charge >= 0.3 is 0 Å². The van der Waals surface area contributed by atoms with Crippen LogP contribution in [0, 0.1) is 0 Å². The summed E-state index contributed by atoms with van der Waals surface area (Å²) in [5.41, 5.74) is 2.92. The number of carbonyl (C=O) groups excluding carboxylic acids is 1. The van der Waals surface area contributed by atoms with Crippen LogP contribution in [0.2, 0.25) is 0 Å². The van der Waals surface area contributed by atoms with Gasteiger partial charge in [-0.2, -0.15) is 0 Å². The number of nitrogens with zero attached hydrogens (tertiary/aromatic N) is 1. The summed E-state index contributed by atoms with van der Waals surface area (Å²) in [6.45, 7) is 6.29. The zero-order chi connectivity index (χ0) is 17.6. The van der Waals surface area contributed by atoms with Gasteiger partial charge in [0.05, 0.1) is 19.3 Å². The van der Waals surface area contributed by atoms with Crippen molar-refractivity contribution >= 4 is 21.8 Å². The van der Waals surface area contributed by atoms with Gasteiger partial charge in [-0.3, -0.25) is 9.69 Å². The highest BCUT2D eigenvalue weighted by Crippen LogP contribution is 2.23. The second-order valence-corrected chi connectivity index (χ2v) is 7.16. The topological polar surface area (TPSA) is 41.6 Å². The number of hydrogen-bond acceptors (Lipinski definition) is 3. The summed E-state index contributed by atoms with van der Waals surface area (Å²) < 4.78 is 6.39. The Morgan fingerprint density at radius 1 is 1.20 bits per heavy atom. The second-order valence-electron chi connectivity index (χ2n) is 6.31. The lowest BCUT2D eigenvalue weighted by molar-refractivity contribution is 0.0342. The van der Waals surface area contributed by atoms with Crippen molar-refractivity contribution in [2.24, 2.45) is 0 Å². The average molecular weight is 403 g/mol. The lowest BCUT2D eigenvalue weighted by Crippen LogP contribution is -2.35. The molecule has 2 aromatic carbocycles. The number of carbonyl (C=O) groups is 1. The van der Waals surface area contributed by atoms with Gasteiger partial charge in [-0.05, 0) is 36.2 Å². The van der Waals surface area contributed by atoms with E-state index in [1.807, 2.05) is 49.4 Å². The summed E-state index contributed by atoms with van der Waals surface area (Å²) >= 11 is 3.54. The number of halogens is 1. The molecule has 1 N–H and O–H groups in total. The van der Waals surface area contributed by atoms with Crippen molar-refractivity contribution in [3.8, 4) is 0 Å². The highest BCUT2D eigenvalue weighted by atomic mass is 79.9. The smallest absolute Gasteiger partial charge is 0.251 e. The van der Waals surface area contributed by atoms with E-state index in [-0.39, 0.29) is 11.9 Å². The number of nitrogens with one attached hydrogen (secondary N) is 1. The first-order valence-electron chi connectivity index (χ1n) is 8.58. The van der Waals surface area contributed by atoms with Gasteiger partial charge in [0.25, 0.3) is 5.91 Å². The van der Waals surface area contributed by atoms with Gasteiger partial charge in [0, 0.05) is 29.7 Å². The molecule has 132 valence electrons. The summed E-state index contributed by atoms with van der Waals surface area (Å²) in [5.74, 6) is -0.0490. The molecule has 0 aromatic heterocycles. The quantitative estimate of drug-likeness (QED) is 0.827. The van der Waals surface area contributed by atoms with E-state index in [4.69, 9.17) is 4.74 Å². The molecule has 0 bridgehead atoms. The summed E-state index contributed by atoms with van der Waals surface area (Å²) in [5, 5.41) is 3.08. The molecule has 1 unspecified atom stereocenters. The molecule has 1 atom stereocenters. The highest BCUT2D eigenvalue weighted by Gasteiger charge is 2.15. The number of ether oxygens (including phenoxy) is 1. The summed E-state index contributed by atoms with van der Waals surface area (Å²) in [4.78, 5) is 15.0. The molecule has 1 saturated heterocycles. The summed E-state index contributed by atoms with van der Waals surface area (Å²) in [6, 6.07) is 15.8. The average Bonchev–Trinajstić information content (AvgIpc) is 2.63. The Morgan fingerprint density at radius 3 is 2.72 bits per heavy atom. The summed E-state index contributed by atoms with van der Waals surface area (Å²) in [7, 11) is 0. The molecule has 1 aliphatic heterocycles. The first-order valence-corrected chi connectivity index (χ1v) is 9.37. The largest absolute Gasteiger partial charge is 0.379 e. The van der Waals surface area contributed by atoms with Crippen molar-refractivity contribution in [1.29, 1.82) is 0 Å². The van der Waals surface area contributed by atoms with Crippen molar-refractivity contribution in [2.75, 3.05) is 26.3 Å². The molecule has 0 aliphatic carbocycles. The molecule has 1 aliphatic rings. The molecule has 1 heterocycles. The number of hydrogen-bond donors (Lipinski definition) is 1. The Labute approximate surface area is 157 Å². The molecular weight excluding hydrogens is 380 g/mol. The number of rotatable bonds is 5. The van der Waals surface area contributed by atoms with Gasteiger partial charge < -0.3 is 10.1 Å². The lowest BCUT2D eigenvalue weighted by atomic mass is 10.1. The van der Waals surface area contributed by atoms with Gasteiger partial charge in [0.2, 0.25) is 0 Å². The Balaban J connectivity index is 1.65. The van der Waals surface area contributed by atoms with Crippen LogP contribution in [0.1, 0.15) is 34.5 Å². The van der Waals surface area contributed by atoms with Crippen LogP contribution in [0.15, 0.2) is 53.0 Å². The maximum Gasteiger partial charge on any atom is 0.251 e. The minimum atomic E-state index is -0.0639. The van der Waals surface area contributed by atoms with Gasteiger partial charge in [0.15, 0.2) is 0 Å². The molecule has 1 fully saturated rings. The molecule has 5 heteroatoms. The fourth-order valence-electron chi connectivity index (χ4n) is 3.01. The third-order valence-electron chi connectivity index (χ3n) is 4.42. The van der Waals surface area contributed by atoms with Crippen molar-refractivity contribution in [2.45, 2.75) is 19.5 Å².